The SMILES string of the molecule is CN(C)C(=O)C(c1ccc[nH]1)c1ccc[nH]1.COC(=O)C(=C1C=CC(/C(C(=O)N(C)C)=c2/ccc(=C(C(=O)OC)C3=NC(=C(C)C)C=C3)[nH]2)=N1)c1ccc[nH]1.COC(=O)C(=C1C=CC=N1)c1ccc(C(C(=O)N(C)C)=C2C=CC(C(C(=O)OC)=c3ccc(=C(C)C)[n-]3)=N2)[n-]1.COC(=O)C=O.[Cl-].[Mn+3]. The van der Waals surface area contributed by atoms with E-state index < -0.39 is 29.8 Å². The molecule has 0 atom stereocenters. The van der Waals surface area contributed by atoms with Crippen molar-refractivity contribution in [2.24, 2.45) is 20.0 Å². The van der Waals surface area contributed by atoms with E-state index in [1.54, 1.807) is 145 Å². The number of halogens is 1. The average molecular weight is 1450 g/mol. The molecule has 0 fully saturated rings. The molecule has 0 spiro atoms. The number of H-pyrrole nitrogens is 4. The number of aromatic nitrogens is 6. The van der Waals surface area contributed by atoms with Crippen molar-refractivity contribution in [3.63, 3.8) is 0 Å². The van der Waals surface area contributed by atoms with E-state index in [1.165, 1.54) is 38.2 Å². The number of carbonyl (C=O) groups is 9. The number of carbonyl (C=O) groups excluding carboxylic acids is 9. The number of likely N-dealkylation sites (N-methyl/N-ethyl adjacent to an activating group) is 2. The number of hydrogen-bond donors (Lipinski definition) is 4. The number of aromatic amines is 4. The molecule has 530 valence electrons. The van der Waals surface area contributed by atoms with Gasteiger partial charge in [-0.2, -0.15) is 0 Å². The fourth-order valence-electron chi connectivity index (χ4n) is 9.84. The normalized spacial score (nSPS) is 15.1. The number of ether oxygens (including phenoxy) is 5. The average Bonchev–Trinajstić information content (AvgIpc) is 1.64. The Labute approximate surface area is 603 Å². The van der Waals surface area contributed by atoms with Gasteiger partial charge in [0.1, 0.15) is 17.1 Å². The van der Waals surface area contributed by atoms with Gasteiger partial charge in [-0.15, -0.1) is 22.1 Å². The molecule has 4 N–H and O–H groups in total. The number of hydrogen-bond acceptors (Lipinski definition) is 18. The summed E-state index contributed by atoms with van der Waals surface area (Å²) in [4.78, 5) is 152. The van der Waals surface area contributed by atoms with Crippen LogP contribution in [0.15, 0.2) is 188 Å². The van der Waals surface area contributed by atoms with Gasteiger partial charge in [-0.25, -0.2) is 38.9 Å². The van der Waals surface area contributed by atoms with E-state index in [4.69, 9.17) is 18.9 Å². The van der Waals surface area contributed by atoms with Crippen molar-refractivity contribution in [1.82, 2.24) is 44.6 Å². The Morgan fingerprint density at radius 1 is 0.461 bits per heavy atom. The van der Waals surface area contributed by atoms with Gasteiger partial charge < -0.3 is 80.7 Å². The molecule has 0 bridgehead atoms. The van der Waals surface area contributed by atoms with Crippen LogP contribution >= 0.6 is 0 Å². The largest absolute Gasteiger partial charge is 3.00 e. The second kappa shape index (κ2) is 37.3. The van der Waals surface area contributed by atoms with Crippen LogP contribution in [0.1, 0.15) is 62.1 Å². The van der Waals surface area contributed by atoms with E-state index >= 15 is 0 Å². The third kappa shape index (κ3) is 19.3. The van der Waals surface area contributed by atoms with Crippen molar-refractivity contribution >= 4 is 116 Å². The number of nitrogens with one attached hydrogen (secondary N) is 4. The number of aldehydes is 1. The van der Waals surface area contributed by atoms with E-state index in [0.717, 1.165) is 40.7 Å². The number of esters is 5. The summed E-state index contributed by atoms with van der Waals surface area (Å²) in [6.07, 6.45) is 20.5. The summed E-state index contributed by atoms with van der Waals surface area (Å²) in [6, 6.07) is 21.3. The molecule has 0 radical (unpaired) electrons. The van der Waals surface area contributed by atoms with E-state index in [1.807, 2.05) is 76.5 Å². The van der Waals surface area contributed by atoms with E-state index in [0.29, 0.717) is 67.4 Å². The maximum Gasteiger partial charge on any atom is 3.00 e. The van der Waals surface area contributed by atoms with Gasteiger partial charge in [0.25, 0.3) is 11.8 Å². The molecule has 27 nitrogen and oxygen atoms in total. The number of methoxy groups -OCH3 is 5. The molecule has 4 aliphatic rings. The maximum atomic E-state index is 13.4. The number of amides is 3. The maximum absolute atomic E-state index is 13.4. The Kier molecular flexibility index (Phi) is 29.5. The van der Waals surface area contributed by atoms with E-state index in [-0.39, 0.29) is 92.8 Å². The van der Waals surface area contributed by atoms with Crippen LogP contribution in [-0.4, -0.2) is 190 Å². The smallest absolute Gasteiger partial charge is 1.00 e. The zero-order valence-electron chi connectivity index (χ0n) is 58.5. The van der Waals surface area contributed by atoms with Gasteiger partial charge in [-0.3, -0.25) is 24.2 Å². The van der Waals surface area contributed by atoms with Gasteiger partial charge in [-0.1, -0.05) is 35.4 Å². The quantitative estimate of drug-likeness (QED) is 0.0261. The summed E-state index contributed by atoms with van der Waals surface area (Å²) in [5, 5.41) is 2.02. The Hall–Kier alpha value is -12.0. The van der Waals surface area contributed by atoms with Crippen LogP contribution in [-0.2, 0) is 83.9 Å². The van der Waals surface area contributed by atoms with Gasteiger partial charge in [0.15, 0.2) is 0 Å². The van der Waals surface area contributed by atoms with Crippen molar-refractivity contribution in [2.45, 2.75) is 33.6 Å². The van der Waals surface area contributed by atoms with Gasteiger partial charge in [0.05, 0.1) is 114 Å². The molecule has 29 heteroatoms. The molecule has 0 saturated heterocycles. The summed E-state index contributed by atoms with van der Waals surface area (Å²) in [5.74, 6) is -4.09. The number of rotatable bonds is 16. The molecule has 0 saturated carbocycles. The molecular weight excluding hydrogens is 1370 g/mol. The molecule has 0 unspecified atom stereocenters. The summed E-state index contributed by atoms with van der Waals surface area (Å²) in [7, 11) is 16.3. The minimum atomic E-state index is -0.838. The predicted octanol–water partition coefficient (Wildman–Crippen LogP) is 0.878. The Morgan fingerprint density at radius 3 is 1.36 bits per heavy atom. The standard InChI is InChI=1S/C29H29N5O5.C29H28N5O5.C12H15N3O.C3H4O3.ClH.Mn/c2*1-16(2)17-9-10-22(31-17)26(29(37)39-6)23-14-12-20(33-23)24(27(35)34(3)4)19-11-13-21(32-19)25(28(36)38-5)18-8-7-15-30-18;1-15(2)12(16)11(9-5-3-7-13-9)10-6-4-8-14-10;1-6-3(5)2-4;;/h7-15,30,33H,1-6H3;7-15H,1-6H3,(H-,30,31,32,33,35,36,37);3-8,11,13-14H,1-2H3;2H,1H3;1H;/q;-1;;;;+3/p-2/b24-20+,25-21?,26-23?;;;;;. The zero-order valence-corrected chi connectivity index (χ0v) is 60.4. The minimum Gasteiger partial charge on any atom is -1.00 e. The molecule has 3 amide bonds. The summed E-state index contributed by atoms with van der Waals surface area (Å²) in [5.41, 5.74) is 9.09. The summed E-state index contributed by atoms with van der Waals surface area (Å²) < 4.78 is 23.9. The zero-order chi connectivity index (χ0) is 73.1. The van der Waals surface area contributed by atoms with Crippen LogP contribution < -0.4 is 43.8 Å². The third-order valence-electron chi connectivity index (χ3n) is 14.8. The van der Waals surface area contributed by atoms with Crippen molar-refractivity contribution in [1.29, 1.82) is 0 Å². The summed E-state index contributed by atoms with van der Waals surface area (Å²) in [6.45, 7) is 7.72. The van der Waals surface area contributed by atoms with Crippen molar-refractivity contribution < 1.29 is 96.3 Å². The molecule has 4 aliphatic heterocycles. The van der Waals surface area contributed by atoms with Gasteiger partial charge in [0.2, 0.25) is 12.2 Å². The van der Waals surface area contributed by atoms with Crippen molar-refractivity contribution in [3.05, 3.63) is 218 Å². The number of nitrogens with zero attached hydrogens (tertiary/aromatic N) is 9. The van der Waals surface area contributed by atoms with Crippen LogP contribution in [0.25, 0.3) is 39.0 Å². The first-order chi connectivity index (χ1) is 47.8. The van der Waals surface area contributed by atoms with Crippen LogP contribution in [0, 0.1) is 0 Å². The number of allylic oxidation sites excluding steroid dienone is 9. The fourth-order valence-corrected chi connectivity index (χ4v) is 9.84. The van der Waals surface area contributed by atoms with Crippen molar-refractivity contribution in [3.8, 4) is 0 Å². The first-order valence-electron chi connectivity index (χ1n) is 30.6. The third-order valence-corrected chi connectivity index (χ3v) is 14.8. The molecule has 10 rings (SSSR count). The van der Waals surface area contributed by atoms with Crippen LogP contribution in [0.2, 0.25) is 0 Å². The summed E-state index contributed by atoms with van der Waals surface area (Å²) >= 11 is 0. The van der Waals surface area contributed by atoms with Crippen LogP contribution in [0.3, 0.4) is 0 Å². The Bertz CT molecular complexity index is 4790. The van der Waals surface area contributed by atoms with Crippen LogP contribution in [0.4, 0.5) is 0 Å². The first kappa shape index (κ1) is 80.7. The molecule has 0 aliphatic carbocycles. The van der Waals surface area contributed by atoms with Crippen molar-refractivity contribution in [2.75, 3.05) is 77.8 Å². The van der Waals surface area contributed by atoms with Gasteiger partial charge >= 0.3 is 46.9 Å². The molecule has 0 aromatic carbocycles. The first-order valence-corrected chi connectivity index (χ1v) is 30.6. The fraction of sp³-hybridized carbons (Fsp3) is 0.219. The second-order valence-corrected chi connectivity index (χ2v) is 22.6. The van der Waals surface area contributed by atoms with E-state index in [2.05, 4.69) is 54.6 Å². The van der Waals surface area contributed by atoms with Crippen LogP contribution in [0.5, 0.6) is 0 Å². The Balaban J connectivity index is 0.000000280. The minimum absolute atomic E-state index is 0. The molecule has 6 aromatic heterocycles. The van der Waals surface area contributed by atoms with Gasteiger partial charge in [0, 0.05) is 78.5 Å². The molecule has 6 aromatic rings. The molecular formula is C73H75ClMnN13O14. The monoisotopic (exact) mass is 1450 g/mol. The molecule has 102 heavy (non-hydrogen) atoms. The topological polar surface area (TPSA) is 350 Å². The number of aliphatic imine (C=N–C) groups is 4. The predicted molar refractivity (Wildman–Crippen MR) is 377 cm³/mol. The molecule has 10 heterocycles. The van der Waals surface area contributed by atoms with E-state index in [9.17, 15) is 43.2 Å². The van der Waals surface area contributed by atoms with Gasteiger partial charge in [-0.05, 0) is 125 Å². The Morgan fingerprint density at radius 2 is 0.922 bits per heavy atom. The second-order valence-electron chi connectivity index (χ2n) is 22.6.